The standard InChI is InChI=1S/C20H25N3O2/c1-21-20(22-12-15-6-5-7-16(10-15)14-24-2)23-13-18-11-17-8-3-4-9-19(17)25-18/h3-10,18H,11-14H2,1-2H3,(H2,21,22,23). The lowest BCUT2D eigenvalue weighted by molar-refractivity contribution is 0.185. The maximum Gasteiger partial charge on any atom is 0.191 e. The Morgan fingerprint density at radius 1 is 1.16 bits per heavy atom. The van der Waals surface area contributed by atoms with Gasteiger partial charge in [0.2, 0.25) is 0 Å². The molecule has 0 fully saturated rings. The van der Waals surface area contributed by atoms with Gasteiger partial charge in [-0.1, -0.05) is 42.5 Å². The molecule has 1 aliphatic rings. The lowest BCUT2D eigenvalue weighted by Gasteiger charge is -2.16. The molecule has 2 aromatic carbocycles. The molecule has 0 aliphatic carbocycles. The van der Waals surface area contributed by atoms with Gasteiger partial charge in [-0.3, -0.25) is 4.99 Å². The van der Waals surface area contributed by atoms with Crippen LogP contribution >= 0.6 is 0 Å². The molecule has 0 saturated heterocycles. The van der Waals surface area contributed by atoms with Crippen LogP contribution in [-0.2, 0) is 24.3 Å². The second-order valence-corrected chi connectivity index (χ2v) is 6.11. The van der Waals surface area contributed by atoms with Crippen LogP contribution in [0, 0.1) is 0 Å². The highest BCUT2D eigenvalue weighted by atomic mass is 16.5. The minimum absolute atomic E-state index is 0.140. The van der Waals surface area contributed by atoms with Gasteiger partial charge in [0.15, 0.2) is 5.96 Å². The summed E-state index contributed by atoms with van der Waals surface area (Å²) in [6.07, 6.45) is 1.07. The average molecular weight is 339 g/mol. The number of benzene rings is 2. The Kier molecular flexibility index (Phi) is 5.90. The third kappa shape index (κ3) is 4.73. The van der Waals surface area contributed by atoms with Crippen molar-refractivity contribution in [1.29, 1.82) is 0 Å². The number of guanidine groups is 1. The van der Waals surface area contributed by atoms with Gasteiger partial charge in [-0.2, -0.15) is 0 Å². The molecule has 25 heavy (non-hydrogen) atoms. The predicted octanol–water partition coefficient (Wildman–Crippen LogP) is 2.50. The van der Waals surface area contributed by atoms with E-state index in [1.165, 1.54) is 16.7 Å². The summed E-state index contributed by atoms with van der Waals surface area (Å²) in [6, 6.07) is 16.5. The van der Waals surface area contributed by atoms with E-state index in [-0.39, 0.29) is 6.10 Å². The molecule has 0 aromatic heterocycles. The summed E-state index contributed by atoms with van der Waals surface area (Å²) in [4.78, 5) is 4.29. The zero-order chi connectivity index (χ0) is 17.5. The van der Waals surface area contributed by atoms with Crippen molar-refractivity contribution in [3.63, 3.8) is 0 Å². The fraction of sp³-hybridized carbons (Fsp3) is 0.350. The zero-order valence-electron chi connectivity index (χ0n) is 14.8. The quantitative estimate of drug-likeness (QED) is 0.627. The topological polar surface area (TPSA) is 54.9 Å². The molecule has 2 aromatic rings. The van der Waals surface area contributed by atoms with Crippen molar-refractivity contribution in [1.82, 2.24) is 10.6 Å². The molecule has 0 radical (unpaired) electrons. The molecule has 2 N–H and O–H groups in total. The molecule has 132 valence electrons. The highest BCUT2D eigenvalue weighted by Gasteiger charge is 2.22. The van der Waals surface area contributed by atoms with E-state index in [0.717, 1.165) is 24.7 Å². The zero-order valence-corrected chi connectivity index (χ0v) is 14.8. The second kappa shape index (κ2) is 8.53. The van der Waals surface area contributed by atoms with Crippen LogP contribution in [-0.4, -0.2) is 32.8 Å². The Morgan fingerprint density at radius 3 is 2.80 bits per heavy atom. The molecule has 0 bridgehead atoms. The van der Waals surface area contributed by atoms with E-state index < -0.39 is 0 Å². The number of nitrogens with zero attached hydrogens (tertiary/aromatic N) is 1. The Balaban J connectivity index is 1.47. The van der Waals surface area contributed by atoms with Gasteiger partial charge < -0.3 is 20.1 Å². The van der Waals surface area contributed by atoms with Crippen molar-refractivity contribution >= 4 is 5.96 Å². The van der Waals surface area contributed by atoms with Crippen LogP contribution < -0.4 is 15.4 Å². The van der Waals surface area contributed by atoms with Crippen LogP contribution in [0.2, 0.25) is 0 Å². The van der Waals surface area contributed by atoms with Gasteiger partial charge in [0.1, 0.15) is 11.9 Å². The highest BCUT2D eigenvalue weighted by Crippen LogP contribution is 2.27. The number of hydrogen-bond acceptors (Lipinski definition) is 3. The van der Waals surface area contributed by atoms with Gasteiger partial charge in [0, 0.05) is 27.1 Å². The van der Waals surface area contributed by atoms with Gasteiger partial charge in [-0.15, -0.1) is 0 Å². The van der Waals surface area contributed by atoms with E-state index >= 15 is 0 Å². The summed E-state index contributed by atoms with van der Waals surface area (Å²) >= 11 is 0. The summed E-state index contributed by atoms with van der Waals surface area (Å²) in [5.41, 5.74) is 3.64. The van der Waals surface area contributed by atoms with Crippen LogP contribution in [0.25, 0.3) is 0 Å². The first-order chi connectivity index (χ1) is 12.3. The van der Waals surface area contributed by atoms with Crippen LogP contribution in [0.3, 0.4) is 0 Å². The molecule has 5 nitrogen and oxygen atoms in total. The predicted molar refractivity (Wildman–Crippen MR) is 99.9 cm³/mol. The fourth-order valence-electron chi connectivity index (χ4n) is 2.98. The molecule has 0 amide bonds. The Hall–Kier alpha value is -2.53. The number of nitrogens with one attached hydrogen (secondary N) is 2. The summed E-state index contributed by atoms with van der Waals surface area (Å²) in [7, 11) is 3.49. The number of ether oxygens (including phenoxy) is 2. The number of para-hydroxylation sites is 1. The van der Waals surface area contributed by atoms with Crippen molar-refractivity contribution in [2.24, 2.45) is 4.99 Å². The summed E-state index contributed by atoms with van der Waals surface area (Å²) < 4.78 is 11.1. The average Bonchev–Trinajstić information content (AvgIpc) is 3.05. The van der Waals surface area contributed by atoms with Gasteiger partial charge in [0.25, 0.3) is 0 Å². The molecular weight excluding hydrogens is 314 g/mol. The van der Waals surface area contributed by atoms with Crippen molar-refractivity contribution in [3.05, 3.63) is 65.2 Å². The third-order valence-corrected chi connectivity index (χ3v) is 4.20. The first-order valence-corrected chi connectivity index (χ1v) is 8.54. The number of aliphatic imine (C=N–C) groups is 1. The summed E-state index contributed by atoms with van der Waals surface area (Å²) in [6.45, 7) is 2.06. The number of hydrogen-bond donors (Lipinski definition) is 2. The minimum Gasteiger partial charge on any atom is -0.488 e. The van der Waals surface area contributed by atoms with Crippen molar-refractivity contribution < 1.29 is 9.47 Å². The molecule has 1 aliphatic heterocycles. The summed E-state index contributed by atoms with van der Waals surface area (Å²) in [5, 5.41) is 6.69. The lowest BCUT2D eigenvalue weighted by Crippen LogP contribution is -2.41. The van der Waals surface area contributed by atoms with Gasteiger partial charge >= 0.3 is 0 Å². The molecule has 1 heterocycles. The molecule has 0 saturated carbocycles. The minimum atomic E-state index is 0.140. The molecule has 1 unspecified atom stereocenters. The van der Waals surface area contributed by atoms with E-state index in [1.807, 2.05) is 18.2 Å². The molecule has 0 spiro atoms. The number of rotatable bonds is 6. The van der Waals surface area contributed by atoms with E-state index in [0.29, 0.717) is 13.2 Å². The molecule has 3 rings (SSSR count). The van der Waals surface area contributed by atoms with Gasteiger partial charge in [-0.25, -0.2) is 0 Å². The van der Waals surface area contributed by atoms with E-state index in [1.54, 1.807) is 14.2 Å². The molecule has 1 atom stereocenters. The molecule has 5 heteroatoms. The van der Waals surface area contributed by atoms with Crippen LogP contribution in [0.1, 0.15) is 16.7 Å². The Labute approximate surface area is 149 Å². The van der Waals surface area contributed by atoms with Crippen LogP contribution in [0.4, 0.5) is 0 Å². The normalized spacial score (nSPS) is 16.2. The van der Waals surface area contributed by atoms with Crippen molar-refractivity contribution in [2.45, 2.75) is 25.7 Å². The Bertz CT molecular complexity index is 705. The largest absolute Gasteiger partial charge is 0.488 e. The summed E-state index contributed by atoms with van der Waals surface area (Å²) in [5.74, 6) is 1.77. The lowest BCUT2D eigenvalue weighted by atomic mass is 10.1. The van der Waals surface area contributed by atoms with E-state index in [9.17, 15) is 0 Å². The van der Waals surface area contributed by atoms with Gasteiger partial charge in [0.05, 0.1) is 13.2 Å². The monoisotopic (exact) mass is 339 g/mol. The first-order valence-electron chi connectivity index (χ1n) is 8.54. The number of fused-ring (bicyclic) bond motifs is 1. The maximum absolute atomic E-state index is 5.95. The second-order valence-electron chi connectivity index (χ2n) is 6.11. The smallest absolute Gasteiger partial charge is 0.191 e. The van der Waals surface area contributed by atoms with E-state index in [4.69, 9.17) is 9.47 Å². The first kappa shape index (κ1) is 17.3. The third-order valence-electron chi connectivity index (χ3n) is 4.20. The van der Waals surface area contributed by atoms with Crippen molar-refractivity contribution in [3.8, 4) is 5.75 Å². The van der Waals surface area contributed by atoms with Crippen LogP contribution in [0.5, 0.6) is 5.75 Å². The molecular formula is C20H25N3O2. The van der Waals surface area contributed by atoms with Gasteiger partial charge in [-0.05, 0) is 22.8 Å². The maximum atomic E-state index is 5.95. The Morgan fingerprint density at radius 2 is 2.00 bits per heavy atom. The highest BCUT2D eigenvalue weighted by molar-refractivity contribution is 5.79. The van der Waals surface area contributed by atoms with Crippen molar-refractivity contribution in [2.75, 3.05) is 20.7 Å². The SMILES string of the molecule is CN=C(NCc1cccc(COC)c1)NCC1Cc2ccccc2O1. The van der Waals surface area contributed by atoms with Crippen LogP contribution in [0.15, 0.2) is 53.5 Å². The number of methoxy groups -OCH3 is 1. The van der Waals surface area contributed by atoms with E-state index in [2.05, 4.69) is 46.0 Å². The fourth-order valence-corrected chi connectivity index (χ4v) is 2.98.